The smallest absolute Gasteiger partial charge is 0.0764 e. The number of aryl methyl sites for hydroxylation is 1. The summed E-state index contributed by atoms with van der Waals surface area (Å²) in [5.41, 5.74) is 1.18. The Balaban J connectivity index is 0.00000112. The highest BCUT2D eigenvalue weighted by molar-refractivity contribution is 5.85. The molecule has 1 aromatic heterocycles. The van der Waals surface area contributed by atoms with E-state index in [2.05, 4.69) is 23.1 Å². The van der Waals surface area contributed by atoms with Crippen molar-refractivity contribution in [1.82, 2.24) is 14.7 Å². The molecule has 15 heavy (non-hydrogen) atoms. The predicted octanol–water partition coefficient (Wildman–Crippen LogP) is 2.22. The van der Waals surface area contributed by atoms with Crippen molar-refractivity contribution in [2.45, 2.75) is 38.3 Å². The van der Waals surface area contributed by atoms with E-state index >= 15 is 0 Å². The summed E-state index contributed by atoms with van der Waals surface area (Å²) in [6.07, 6.45) is 7.54. The molecular weight excluding hydrogens is 210 g/mol. The number of rotatable bonds is 3. The summed E-state index contributed by atoms with van der Waals surface area (Å²) in [6, 6.07) is 2.89. The van der Waals surface area contributed by atoms with Crippen molar-refractivity contribution < 1.29 is 0 Å². The molecule has 1 aromatic rings. The summed E-state index contributed by atoms with van der Waals surface area (Å²) in [4.78, 5) is 2.44. The van der Waals surface area contributed by atoms with Crippen LogP contribution in [-0.2, 0) is 13.6 Å². The minimum absolute atomic E-state index is 0. The monoisotopic (exact) mass is 229 g/mol. The van der Waals surface area contributed by atoms with Gasteiger partial charge >= 0.3 is 0 Å². The summed E-state index contributed by atoms with van der Waals surface area (Å²) in [5.74, 6) is 0. The molecule has 1 heterocycles. The lowest BCUT2D eigenvalue weighted by atomic mass is 10.2. The first kappa shape index (κ1) is 12.5. The number of hydrogen-bond acceptors (Lipinski definition) is 2. The van der Waals surface area contributed by atoms with Crippen LogP contribution in [0.5, 0.6) is 0 Å². The molecule has 0 saturated heterocycles. The van der Waals surface area contributed by atoms with Crippen LogP contribution in [0.2, 0.25) is 0 Å². The molecule has 0 radical (unpaired) electrons. The van der Waals surface area contributed by atoms with Crippen molar-refractivity contribution in [3.8, 4) is 0 Å². The summed E-state index contributed by atoms with van der Waals surface area (Å²) >= 11 is 0. The molecule has 0 atom stereocenters. The molecule has 1 aliphatic carbocycles. The van der Waals surface area contributed by atoms with E-state index in [1.807, 2.05) is 17.9 Å². The summed E-state index contributed by atoms with van der Waals surface area (Å²) in [6.45, 7) is 0.992. The first-order valence-electron chi connectivity index (χ1n) is 5.44. The normalized spacial score (nSPS) is 17.0. The second kappa shape index (κ2) is 5.52. The third-order valence-corrected chi connectivity index (χ3v) is 3.13. The highest BCUT2D eigenvalue weighted by Gasteiger charge is 2.19. The van der Waals surface area contributed by atoms with E-state index in [1.165, 1.54) is 31.4 Å². The van der Waals surface area contributed by atoms with E-state index < -0.39 is 0 Å². The number of hydrogen-bond donors (Lipinski definition) is 0. The molecule has 0 unspecified atom stereocenters. The van der Waals surface area contributed by atoms with Crippen LogP contribution in [0.4, 0.5) is 0 Å². The molecule has 1 fully saturated rings. The topological polar surface area (TPSA) is 21.1 Å². The Morgan fingerprint density at radius 1 is 1.47 bits per heavy atom. The van der Waals surface area contributed by atoms with E-state index in [0.717, 1.165) is 12.6 Å². The quantitative estimate of drug-likeness (QED) is 0.793. The molecule has 0 amide bonds. The van der Waals surface area contributed by atoms with Gasteiger partial charge in [-0.3, -0.25) is 9.58 Å². The second-order valence-electron chi connectivity index (χ2n) is 4.33. The first-order valence-corrected chi connectivity index (χ1v) is 5.44. The van der Waals surface area contributed by atoms with Gasteiger partial charge in [-0.1, -0.05) is 12.8 Å². The molecule has 0 N–H and O–H groups in total. The van der Waals surface area contributed by atoms with Gasteiger partial charge in [0.15, 0.2) is 0 Å². The molecule has 0 spiro atoms. The number of halogens is 1. The average Bonchev–Trinajstić information content (AvgIpc) is 2.75. The van der Waals surface area contributed by atoms with Crippen LogP contribution in [0.3, 0.4) is 0 Å². The van der Waals surface area contributed by atoms with Crippen molar-refractivity contribution in [3.63, 3.8) is 0 Å². The molecule has 0 aromatic carbocycles. The fraction of sp³-hybridized carbons (Fsp3) is 0.727. The standard InChI is InChI=1S/C11H19N3.ClH/c1-13(11-5-3-4-6-11)9-10-7-8-14(2)12-10;/h7-8,11H,3-6,9H2,1-2H3;1H. The van der Waals surface area contributed by atoms with Crippen molar-refractivity contribution in [2.75, 3.05) is 7.05 Å². The minimum atomic E-state index is 0. The minimum Gasteiger partial charge on any atom is -0.298 e. The Morgan fingerprint density at radius 2 is 2.13 bits per heavy atom. The van der Waals surface area contributed by atoms with Gasteiger partial charge in [0.1, 0.15) is 0 Å². The molecule has 1 saturated carbocycles. The fourth-order valence-corrected chi connectivity index (χ4v) is 2.28. The maximum absolute atomic E-state index is 4.40. The maximum Gasteiger partial charge on any atom is 0.0764 e. The number of aromatic nitrogens is 2. The third-order valence-electron chi connectivity index (χ3n) is 3.13. The highest BCUT2D eigenvalue weighted by Crippen LogP contribution is 2.23. The van der Waals surface area contributed by atoms with E-state index in [-0.39, 0.29) is 12.4 Å². The molecule has 3 nitrogen and oxygen atoms in total. The van der Waals surface area contributed by atoms with Crippen LogP contribution >= 0.6 is 12.4 Å². The Morgan fingerprint density at radius 3 is 2.67 bits per heavy atom. The lowest BCUT2D eigenvalue weighted by Gasteiger charge is -2.22. The van der Waals surface area contributed by atoms with Gasteiger partial charge in [0.2, 0.25) is 0 Å². The molecule has 2 rings (SSSR count). The maximum atomic E-state index is 4.40. The van der Waals surface area contributed by atoms with Crippen LogP contribution in [0.15, 0.2) is 12.3 Å². The SMILES string of the molecule is CN(Cc1ccn(C)n1)C1CCCC1.Cl. The van der Waals surface area contributed by atoms with Crippen molar-refractivity contribution >= 4 is 12.4 Å². The second-order valence-corrected chi connectivity index (χ2v) is 4.33. The molecule has 1 aliphatic rings. The summed E-state index contributed by atoms with van der Waals surface area (Å²) in [7, 11) is 4.18. The summed E-state index contributed by atoms with van der Waals surface area (Å²) in [5, 5.41) is 4.40. The molecular formula is C11H20ClN3. The zero-order chi connectivity index (χ0) is 9.97. The van der Waals surface area contributed by atoms with Crippen LogP contribution in [0, 0.1) is 0 Å². The van der Waals surface area contributed by atoms with Crippen LogP contribution in [-0.4, -0.2) is 27.8 Å². The zero-order valence-corrected chi connectivity index (χ0v) is 10.3. The Hall–Kier alpha value is -0.540. The van der Waals surface area contributed by atoms with Crippen LogP contribution in [0.1, 0.15) is 31.4 Å². The van der Waals surface area contributed by atoms with Gasteiger partial charge in [0.25, 0.3) is 0 Å². The van der Waals surface area contributed by atoms with Crippen molar-refractivity contribution in [3.05, 3.63) is 18.0 Å². The fourth-order valence-electron chi connectivity index (χ4n) is 2.28. The lowest BCUT2D eigenvalue weighted by molar-refractivity contribution is 0.234. The van der Waals surface area contributed by atoms with Crippen molar-refractivity contribution in [2.24, 2.45) is 7.05 Å². The largest absolute Gasteiger partial charge is 0.298 e. The number of nitrogens with zero attached hydrogens (tertiary/aromatic N) is 3. The molecule has 0 bridgehead atoms. The molecule has 86 valence electrons. The van der Waals surface area contributed by atoms with E-state index in [0.29, 0.717) is 0 Å². The van der Waals surface area contributed by atoms with Crippen molar-refractivity contribution in [1.29, 1.82) is 0 Å². The Labute approximate surface area is 97.9 Å². The molecule has 4 heteroatoms. The van der Waals surface area contributed by atoms with Gasteiger partial charge in [-0.25, -0.2) is 0 Å². The Kier molecular flexibility index (Phi) is 4.61. The van der Waals surface area contributed by atoms with E-state index in [4.69, 9.17) is 0 Å². The van der Waals surface area contributed by atoms with Crippen LogP contribution in [0.25, 0.3) is 0 Å². The van der Waals surface area contributed by atoms with Gasteiger partial charge in [-0.15, -0.1) is 12.4 Å². The van der Waals surface area contributed by atoms with Gasteiger partial charge < -0.3 is 0 Å². The Bertz CT molecular complexity index is 292. The van der Waals surface area contributed by atoms with E-state index in [1.54, 1.807) is 0 Å². The van der Waals surface area contributed by atoms with Gasteiger partial charge in [-0.05, 0) is 26.0 Å². The predicted molar refractivity (Wildman–Crippen MR) is 64.2 cm³/mol. The van der Waals surface area contributed by atoms with Gasteiger partial charge in [-0.2, -0.15) is 5.10 Å². The van der Waals surface area contributed by atoms with E-state index in [9.17, 15) is 0 Å². The average molecular weight is 230 g/mol. The lowest BCUT2D eigenvalue weighted by Crippen LogP contribution is -2.28. The summed E-state index contributed by atoms with van der Waals surface area (Å²) < 4.78 is 1.87. The highest BCUT2D eigenvalue weighted by atomic mass is 35.5. The first-order chi connectivity index (χ1) is 6.75. The van der Waals surface area contributed by atoms with Gasteiger partial charge in [0, 0.05) is 25.8 Å². The van der Waals surface area contributed by atoms with Crippen LogP contribution < -0.4 is 0 Å². The van der Waals surface area contributed by atoms with Gasteiger partial charge in [0.05, 0.1) is 5.69 Å². The third kappa shape index (κ3) is 3.21. The zero-order valence-electron chi connectivity index (χ0n) is 9.52. The molecule has 0 aliphatic heterocycles.